The van der Waals surface area contributed by atoms with E-state index < -0.39 is 0 Å². The summed E-state index contributed by atoms with van der Waals surface area (Å²) in [6.07, 6.45) is 1.85. The van der Waals surface area contributed by atoms with Crippen LogP contribution in [0.2, 0.25) is 0 Å². The zero-order valence-corrected chi connectivity index (χ0v) is 13.1. The van der Waals surface area contributed by atoms with Crippen molar-refractivity contribution < 1.29 is 0 Å². The van der Waals surface area contributed by atoms with Crippen LogP contribution in [0, 0.1) is 13.8 Å². The van der Waals surface area contributed by atoms with Crippen molar-refractivity contribution in [1.82, 2.24) is 19.5 Å². The fraction of sp³-hybridized carbons (Fsp3) is 0.312. The van der Waals surface area contributed by atoms with E-state index in [0.717, 1.165) is 33.9 Å². The monoisotopic (exact) mass is 300 g/mol. The molecule has 3 aromatic heterocycles. The van der Waals surface area contributed by atoms with E-state index in [2.05, 4.69) is 15.0 Å². The van der Waals surface area contributed by atoms with Crippen molar-refractivity contribution in [3.8, 4) is 0 Å². The number of alkyl halides is 1. The van der Waals surface area contributed by atoms with Crippen molar-refractivity contribution in [3.63, 3.8) is 0 Å². The molecule has 1 unspecified atom stereocenters. The van der Waals surface area contributed by atoms with Crippen molar-refractivity contribution >= 4 is 22.8 Å². The van der Waals surface area contributed by atoms with Gasteiger partial charge in [-0.2, -0.15) is 0 Å². The van der Waals surface area contributed by atoms with Gasteiger partial charge in [0, 0.05) is 11.9 Å². The van der Waals surface area contributed by atoms with Crippen LogP contribution in [0.15, 0.2) is 30.5 Å². The second kappa shape index (κ2) is 5.45. The first kappa shape index (κ1) is 14.0. The molecule has 0 saturated heterocycles. The minimum atomic E-state index is -0.177. The first-order valence-electron chi connectivity index (χ1n) is 6.94. The number of imidazole rings is 1. The molecule has 5 heteroatoms. The predicted octanol–water partition coefficient (Wildman–Crippen LogP) is 3.79. The molecule has 3 rings (SSSR count). The van der Waals surface area contributed by atoms with Crippen molar-refractivity contribution in [2.45, 2.75) is 32.7 Å². The van der Waals surface area contributed by atoms with E-state index in [9.17, 15) is 0 Å². The Morgan fingerprint density at radius 3 is 2.76 bits per heavy atom. The van der Waals surface area contributed by atoms with Crippen LogP contribution in [0.4, 0.5) is 0 Å². The number of halogens is 1. The summed E-state index contributed by atoms with van der Waals surface area (Å²) in [5.41, 5.74) is 4.81. The van der Waals surface area contributed by atoms with Gasteiger partial charge in [0.1, 0.15) is 11.3 Å². The van der Waals surface area contributed by atoms with Crippen LogP contribution in [0.25, 0.3) is 11.2 Å². The van der Waals surface area contributed by atoms with E-state index in [1.165, 1.54) is 0 Å². The summed E-state index contributed by atoms with van der Waals surface area (Å²) in [6, 6.07) is 8.04. The van der Waals surface area contributed by atoms with Crippen LogP contribution in [-0.2, 0) is 6.54 Å². The second-order valence-corrected chi connectivity index (χ2v) is 5.95. The highest BCUT2D eigenvalue weighted by Crippen LogP contribution is 2.24. The van der Waals surface area contributed by atoms with Crippen LogP contribution >= 0.6 is 11.6 Å². The van der Waals surface area contributed by atoms with Gasteiger partial charge >= 0.3 is 0 Å². The van der Waals surface area contributed by atoms with Crippen molar-refractivity contribution in [2.75, 3.05) is 0 Å². The van der Waals surface area contributed by atoms with Crippen LogP contribution in [0.5, 0.6) is 0 Å². The van der Waals surface area contributed by atoms with Gasteiger partial charge in [-0.3, -0.25) is 4.98 Å². The molecule has 0 aromatic carbocycles. The molecule has 0 aliphatic heterocycles. The molecule has 3 heterocycles. The lowest BCUT2D eigenvalue weighted by Crippen LogP contribution is -2.08. The maximum absolute atomic E-state index is 6.29. The normalized spacial score (nSPS) is 12.8. The number of nitrogens with zero attached hydrogens (tertiary/aromatic N) is 4. The zero-order chi connectivity index (χ0) is 15.0. The van der Waals surface area contributed by atoms with Crippen molar-refractivity contribution in [2.24, 2.45) is 0 Å². The van der Waals surface area contributed by atoms with E-state index >= 15 is 0 Å². The third kappa shape index (κ3) is 2.76. The largest absolute Gasteiger partial charge is 0.305 e. The summed E-state index contributed by atoms with van der Waals surface area (Å²) in [4.78, 5) is 13.7. The third-order valence-corrected chi connectivity index (χ3v) is 3.57. The van der Waals surface area contributed by atoms with E-state index in [-0.39, 0.29) is 5.38 Å². The molecule has 108 valence electrons. The lowest BCUT2D eigenvalue weighted by molar-refractivity contribution is 0.719. The standard InChI is InChI=1S/C16H17ClN4/c1-10-7-14-16(18-8-10)21(15(20-14)12(3)17)9-13-6-4-5-11(2)19-13/h4-8,12H,9H2,1-3H3. The zero-order valence-electron chi connectivity index (χ0n) is 12.3. The Balaban J connectivity index is 2.13. The number of aromatic nitrogens is 4. The lowest BCUT2D eigenvalue weighted by atomic mass is 10.3. The minimum absolute atomic E-state index is 0.177. The van der Waals surface area contributed by atoms with E-state index in [1.807, 2.05) is 55.8 Å². The Morgan fingerprint density at radius 1 is 1.24 bits per heavy atom. The molecule has 3 aromatic rings. The molecule has 0 radical (unpaired) electrons. The maximum atomic E-state index is 6.29. The first-order chi connectivity index (χ1) is 10.0. The number of fused-ring (bicyclic) bond motifs is 1. The topological polar surface area (TPSA) is 43.6 Å². The fourth-order valence-electron chi connectivity index (χ4n) is 2.44. The van der Waals surface area contributed by atoms with Gasteiger partial charge in [-0.15, -0.1) is 11.6 Å². The number of hydrogen-bond donors (Lipinski definition) is 0. The maximum Gasteiger partial charge on any atom is 0.160 e. The van der Waals surface area contributed by atoms with Gasteiger partial charge in [-0.1, -0.05) is 6.07 Å². The Labute approximate surface area is 128 Å². The van der Waals surface area contributed by atoms with E-state index in [4.69, 9.17) is 11.6 Å². The average Bonchev–Trinajstić information content (AvgIpc) is 2.77. The number of hydrogen-bond acceptors (Lipinski definition) is 3. The van der Waals surface area contributed by atoms with Crippen molar-refractivity contribution in [1.29, 1.82) is 0 Å². The summed E-state index contributed by atoms with van der Waals surface area (Å²) in [6.45, 7) is 6.55. The highest BCUT2D eigenvalue weighted by atomic mass is 35.5. The summed E-state index contributed by atoms with van der Waals surface area (Å²) in [5.74, 6) is 0.827. The van der Waals surface area contributed by atoms with Crippen molar-refractivity contribution in [3.05, 3.63) is 53.2 Å². The predicted molar refractivity (Wildman–Crippen MR) is 84.6 cm³/mol. The quantitative estimate of drug-likeness (QED) is 0.691. The Morgan fingerprint density at radius 2 is 2.05 bits per heavy atom. The molecule has 0 fully saturated rings. The van der Waals surface area contributed by atoms with Gasteiger partial charge in [0.25, 0.3) is 0 Å². The number of aryl methyl sites for hydroxylation is 2. The fourth-order valence-corrected chi connectivity index (χ4v) is 2.60. The highest BCUT2D eigenvalue weighted by Gasteiger charge is 2.16. The smallest absolute Gasteiger partial charge is 0.160 e. The third-order valence-electron chi connectivity index (χ3n) is 3.37. The number of rotatable bonds is 3. The summed E-state index contributed by atoms with van der Waals surface area (Å²) in [5, 5.41) is -0.177. The first-order valence-corrected chi connectivity index (χ1v) is 7.37. The van der Waals surface area contributed by atoms with E-state index in [1.54, 1.807) is 0 Å². The summed E-state index contributed by atoms with van der Waals surface area (Å²) < 4.78 is 2.05. The molecule has 0 aliphatic rings. The number of pyridine rings is 2. The van der Waals surface area contributed by atoms with Crippen LogP contribution in [-0.4, -0.2) is 19.5 Å². The summed E-state index contributed by atoms with van der Waals surface area (Å²) in [7, 11) is 0. The molecule has 0 bridgehead atoms. The van der Waals surface area contributed by atoms with Gasteiger partial charge in [0.05, 0.1) is 17.6 Å². The SMILES string of the molecule is Cc1cnc2c(c1)nc(C(C)Cl)n2Cc1cccc(C)n1. The molecule has 1 atom stereocenters. The Bertz CT molecular complexity index is 792. The lowest BCUT2D eigenvalue weighted by Gasteiger charge is -2.10. The molecule has 0 amide bonds. The summed E-state index contributed by atoms with van der Waals surface area (Å²) >= 11 is 6.29. The molecular weight excluding hydrogens is 284 g/mol. The molecular formula is C16H17ClN4. The second-order valence-electron chi connectivity index (χ2n) is 5.30. The van der Waals surface area contributed by atoms with Gasteiger partial charge in [0.2, 0.25) is 0 Å². The Kier molecular flexibility index (Phi) is 3.64. The highest BCUT2D eigenvalue weighted by molar-refractivity contribution is 6.20. The van der Waals surface area contributed by atoms with Gasteiger partial charge in [0.15, 0.2) is 5.65 Å². The molecule has 4 nitrogen and oxygen atoms in total. The van der Waals surface area contributed by atoms with Crippen LogP contribution < -0.4 is 0 Å². The van der Waals surface area contributed by atoms with Crippen LogP contribution in [0.1, 0.15) is 35.1 Å². The van der Waals surface area contributed by atoms with Gasteiger partial charge < -0.3 is 4.57 Å². The van der Waals surface area contributed by atoms with Crippen LogP contribution in [0.3, 0.4) is 0 Å². The molecule has 0 spiro atoms. The molecule has 0 N–H and O–H groups in total. The van der Waals surface area contributed by atoms with Gasteiger partial charge in [-0.05, 0) is 44.5 Å². The molecule has 0 aliphatic carbocycles. The average molecular weight is 301 g/mol. The molecule has 0 saturated carbocycles. The minimum Gasteiger partial charge on any atom is -0.305 e. The Hall–Kier alpha value is -1.94. The van der Waals surface area contributed by atoms with E-state index in [0.29, 0.717) is 6.54 Å². The molecule has 21 heavy (non-hydrogen) atoms. The van der Waals surface area contributed by atoms with Gasteiger partial charge in [-0.25, -0.2) is 9.97 Å².